The molecule has 3 nitrogen and oxygen atoms in total. The summed E-state index contributed by atoms with van der Waals surface area (Å²) < 4.78 is 0. The van der Waals surface area contributed by atoms with Gasteiger partial charge in [-0.25, -0.2) is 0 Å². The molecule has 3 atom stereocenters. The Morgan fingerprint density at radius 1 is 1.31 bits per heavy atom. The van der Waals surface area contributed by atoms with Crippen molar-refractivity contribution in [2.24, 2.45) is 11.8 Å². The first-order valence-electron chi connectivity index (χ1n) is 6.36. The number of nitrogens with one attached hydrogen (secondary N) is 2. The van der Waals surface area contributed by atoms with Crippen molar-refractivity contribution in [3.05, 3.63) is 12.3 Å². The van der Waals surface area contributed by atoms with Crippen LogP contribution in [0.2, 0.25) is 0 Å². The van der Waals surface area contributed by atoms with Gasteiger partial charge in [0, 0.05) is 5.70 Å². The van der Waals surface area contributed by atoms with Crippen LogP contribution in [0.4, 0.5) is 0 Å². The Balaban J connectivity index is 1.89. The molecule has 1 saturated carbocycles. The van der Waals surface area contributed by atoms with Crippen molar-refractivity contribution in [3.8, 4) is 0 Å². The number of carbonyl (C=O) groups is 1. The van der Waals surface area contributed by atoms with Crippen molar-refractivity contribution in [1.29, 1.82) is 0 Å². The minimum atomic E-state index is -0.00366. The normalized spacial score (nSPS) is 33.9. The fraction of sp³-hybridized carbons (Fsp3) is 0.769. The minimum absolute atomic E-state index is 0.00366. The van der Waals surface area contributed by atoms with Crippen LogP contribution >= 0.6 is 0 Å². The molecule has 2 N–H and O–H groups in total. The number of piperidine rings is 1. The highest BCUT2D eigenvalue weighted by Crippen LogP contribution is 2.35. The Bertz CT molecular complexity index is 288. The van der Waals surface area contributed by atoms with Gasteiger partial charge in [0.05, 0.1) is 6.04 Å². The number of amides is 1. The molecule has 0 aromatic carbocycles. The number of carbonyl (C=O) groups excluding carboxylic acids is 1. The van der Waals surface area contributed by atoms with Gasteiger partial charge in [-0.3, -0.25) is 4.79 Å². The van der Waals surface area contributed by atoms with Crippen LogP contribution in [0.15, 0.2) is 12.3 Å². The van der Waals surface area contributed by atoms with E-state index in [1.807, 2.05) is 6.92 Å². The number of hydrogen-bond acceptors (Lipinski definition) is 2. The summed E-state index contributed by atoms with van der Waals surface area (Å²) in [7, 11) is 0. The topological polar surface area (TPSA) is 41.1 Å². The van der Waals surface area contributed by atoms with Crippen molar-refractivity contribution < 1.29 is 4.79 Å². The first-order valence-corrected chi connectivity index (χ1v) is 6.36. The molecule has 1 aliphatic heterocycles. The average molecular weight is 222 g/mol. The van der Waals surface area contributed by atoms with Gasteiger partial charge >= 0.3 is 0 Å². The van der Waals surface area contributed by atoms with E-state index in [0.717, 1.165) is 30.5 Å². The molecule has 0 aromatic heterocycles. The highest BCUT2D eigenvalue weighted by Gasteiger charge is 2.34. The Hall–Kier alpha value is -0.830. The summed E-state index contributed by atoms with van der Waals surface area (Å²) in [6.45, 7) is 6.55. The monoisotopic (exact) mass is 222 g/mol. The quantitative estimate of drug-likeness (QED) is 0.748. The predicted octanol–water partition coefficient (Wildman–Crippen LogP) is 1.80. The fourth-order valence-electron chi connectivity index (χ4n) is 3.04. The summed E-state index contributed by atoms with van der Waals surface area (Å²) in [5.74, 6) is 1.66. The standard InChI is InChI=1S/C13H22N2O/c1-9(2)15-13(16)12-7-10-5-3-4-6-11(10)8-14-12/h10-12,14H,1,3-8H2,2H3,(H,15,16). The lowest BCUT2D eigenvalue weighted by Gasteiger charge is -2.39. The summed E-state index contributed by atoms with van der Waals surface area (Å²) >= 11 is 0. The first-order chi connectivity index (χ1) is 7.66. The maximum Gasteiger partial charge on any atom is 0.241 e. The summed E-state index contributed by atoms with van der Waals surface area (Å²) in [6.07, 6.45) is 6.36. The molecule has 3 heteroatoms. The van der Waals surface area contributed by atoms with Gasteiger partial charge in [0.1, 0.15) is 0 Å². The Morgan fingerprint density at radius 2 is 2.00 bits per heavy atom. The van der Waals surface area contributed by atoms with Gasteiger partial charge in [-0.05, 0) is 38.1 Å². The van der Waals surface area contributed by atoms with Crippen LogP contribution in [-0.4, -0.2) is 18.5 Å². The van der Waals surface area contributed by atoms with Crippen molar-refractivity contribution in [2.45, 2.75) is 45.1 Å². The third kappa shape index (κ3) is 2.64. The van der Waals surface area contributed by atoms with E-state index in [4.69, 9.17) is 0 Å². The van der Waals surface area contributed by atoms with Crippen LogP contribution in [0.1, 0.15) is 39.0 Å². The second-order valence-electron chi connectivity index (χ2n) is 5.27. The Kier molecular flexibility index (Phi) is 3.64. The van der Waals surface area contributed by atoms with Crippen LogP contribution in [0.3, 0.4) is 0 Å². The first kappa shape index (κ1) is 11.6. The third-order valence-electron chi connectivity index (χ3n) is 3.88. The zero-order chi connectivity index (χ0) is 11.5. The molecule has 2 rings (SSSR count). The maximum atomic E-state index is 11.8. The van der Waals surface area contributed by atoms with Gasteiger partial charge in [-0.15, -0.1) is 0 Å². The molecule has 90 valence electrons. The molecule has 0 aromatic rings. The summed E-state index contributed by atoms with van der Waals surface area (Å²) in [5.41, 5.74) is 0.734. The lowest BCUT2D eigenvalue weighted by atomic mass is 9.73. The maximum absolute atomic E-state index is 11.8. The van der Waals surface area contributed by atoms with E-state index in [2.05, 4.69) is 17.2 Å². The zero-order valence-electron chi connectivity index (χ0n) is 10.1. The van der Waals surface area contributed by atoms with Gasteiger partial charge in [-0.1, -0.05) is 25.8 Å². The van der Waals surface area contributed by atoms with Crippen molar-refractivity contribution in [2.75, 3.05) is 6.54 Å². The number of hydrogen-bond donors (Lipinski definition) is 2. The van der Waals surface area contributed by atoms with Crippen molar-refractivity contribution in [3.63, 3.8) is 0 Å². The molecule has 1 saturated heterocycles. The third-order valence-corrected chi connectivity index (χ3v) is 3.88. The Morgan fingerprint density at radius 3 is 2.69 bits per heavy atom. The van der Waals surface area contributed by atoms with Crippen LogP contribution in [0, 0.1) is 11.8 Å². The molecule has 2 fully saturated rings. The minimum Gasteiger partial charge on any atom is -0.329 e. The number of fused-ring (bicyclic) bond motifs is 1. The van der Waals surface area contributed by atoms with Gasteiger partial charge in [0.15, 0.2) is 0 Å². The SMILES string of the molecule is C=C(C)NC(=O)C1CC2CCCCC2CN1. The molecule has 0 radical (unpaired) electrons. The molecular weight excluding hydrogens is 200 g/mol. The van der Waals surface area contributed by atoms with Gasteiger partial charge in [0.25, 0.3) is 0 Å². The lowest BCUT2D eigenvalue weighted by molar-refractivity contribution is -0.123. The van der Waals surface area contributed by atoms with E-state index in [1.165, 1.54) is 25.7 Å². The van der Waals surface area contributed by atoms with Crippen LogP contribution < -0.4 is 10.6 Å². The highest BCUT2D eigenvalue weighted by molar-refractivity contribution is 5.83. The molecule has 0 bridgehead atoms. The fourth-order valence-corrected chi connectivity index (χ4v) is 3.04. The molecule has 2 aliphatic rings. The number of rotatable bonds is 2. The summed E-state index contributed by atoms with van der Waals surface area (Å²) in [5, 5.41) is 6.18. The van der Waals surface area contributed by atoms with E-state index in [1.54, 1.807) is 0 Å². The molecule has 16 heavy (non-hydrogen) atoms. The largest absolute Gasteiger partial charge is 0.329 e. The van der Waals surface area contributed by atoms with E-state index in [9.17, 15) is 4.79 Å². The average Bonchev–Trinajstić information content (AvgIpc) is 2.27. The summed E-state index contributed by atoms with van der Waals surface area (Å²) in [4.78, 5) is 11.8. The van der Waals surface area contributed by atoms with Crippen molar-refractivity contribution in [1.82, 2.24) is 10.6 Å². The molecule has 1 aliphatic carbocycles. The van der Waals surface area contributed by atoms with Gasteiger partial charge in [-0.2, -0.15) is 0 Å². The van der Waals surface area contributed by atoms with E-state index in [-0.39, 0.29) is 11.9 Å². The second-order valence-corrected chi connectivity index (χ2v) is 5.27. The Labute approximate surface area is 97.7 Å². The molecule has 1 heterocycles. The van der Waals surface area contributed by atoms with Crippen LogP contribution in [0.5, 0.6) is 0 Å². The predicted molar refractivity (Wildman–Crippen MR) is 64.8 cm³/mol. The van der Waals surface area contributed by atoms with E-state index in [0.29, 0.717) is 0 Å². The molecule has 3 unspecified atom stereocenters. The van der Waals surface area contributed by atoms with E-state index < -0.39 is 0 Å². The van der Waals surface area contributed by atoms with E-state index >= 15 is 0 Å². The molecule has 0 spiro atoms. The second kappa shape index (κ2) is 5.00. The smallest absolute Gasteiger partial charge is 0.241 e. The zero-order valence-corrected chi connectivity index (χ0v) is 10.1. The van der Waals surface area contributed by atoms with Crippen LogP contribution in [0.25, 0.3) is 0 Å². The molecular formula is C13H22N2O. The van der Waals surface area contributed by atoms with Gasteiger partial charge in [0.2, 0.25) is 5.91 Å². The van der Waals surface area contributed by atoms with Crippen molar-refractivity contribution >= 4 is 5.91 Å². The summed E-state index contributed by atoms with van der Waals surface area (Å²) in [6, 6.07) is -0.00366. The van der Waals surface area contributed by atoms with Gasteiger partial charge < -0.3 is 10.6 Å². The number of allylic oxidation sites excluding steroid dienone is 1. The highest BCUT2D eigenvalue weighted by atomic mass is 16.2. The van der Waals surface area contributed by atoms with Crippen LogP contribution in [-0.2, 0) is 4.79 Å². The lowest BCUT2D eigenvalue weighted by Crippen LogP contribution is -2.52. The molecule has 1 amide bonds.